The molecule has 3 rings (SSSR count). The van der Waals surface area contributed by atoms with Gasteiger partial charge in [-0.15, -0.1) is 11.3 Å². The van der Waals surface area contributed by atoms with Crippen molar-refractivity contribution in [3.05, 3.63) is 36.4 Å². The summed E-state index contributed by atoms with van der Waals surface area (Å²) in [5.74, 6) is -2.31. The molecule has 1 aliphatic heterocycles. The van der Waals surface area contributed by atoms with Gasteiger partial charge in [0.25, 0.3) is 0 Å². The minimum absolute atomic E-state index is 0.367. The molecule has 0 radical (unpaired) electrons. The number of ether oxygens (including phenoxy) is 2. The van der Waals surface area contributed by atoms with Gasteiger partial charge in [0.05, 0.1) is 27.7 Å². The first-order chi connectivity index (χ1) is 15.9. The van der Waals surface area contributed by atoms with Crippen molar-refractivity contribution in [3.63, 3.8) is 0 Å². The van der Waals surface area contributed by atoms with Crippen molar-refractivity contribution in [2.75, 3.05) is 6.79 Å². The molecule has 1 N–H and O–H groups in total. The molecule has 1 aliphatic rings. The molecule has 1 amide bonds. The van der Waals surface area contributed by atoms with Crippen LogP contribution in [0.2, 0.25) is 0 Å². The predicted molar refractivity (Wildman–Crippen MR) is 134 cm³/mol. The molecule has 1 fully saturated rings. The third-order valence-electron chi connectivity index (χ3n) is 5.10. The number of aliphatic hydroxyl groups excluding tert-OH is 1. The summed E-state index contributed by atoms with van der Waals surface area (Å²) in [4.78, 5) is 43.7. The Balaban J connectivity index is 1.71. The predicted octanol–water partition coefficient (Wildman–Crippen LogP) is 4.24. The van der Waals surface area contributed by atoms with Gasteiger partial charge < -0.3 is 19.5 Å². The number of hydrogen-bond donors (Lipinski definition) is 1. The average molecular weight is 525 g/mol. The number of nitrogens with zero attached hydrogens (tertiary/aromatic N) is 2. The fraction of sp³-hybridized carbons (Fsp3) is 0.478. The van der Waals surface area contributed by atoms with Crippen LogP contribution in [0.5, 0.6) is 0 Å². The zero-order valence-corrected chi connectivity index (χ0v) is 22.1. The molecule has 184 valence electrons. The monoisotopic (exact) mass is 524 g/mol. The lowest BCUT2D eigenvalue weighted by atomic mass is 9.89. The van der Waals surface area contributed by atoms with Crippen molar-refractivity contribution in [2.24, 2.45) is 11.3 Å². The zero-order chi connectivity index (χ0) is 25.2. The Morgan fingerprint density at radius 1 is 1.29 bits per heavy atom. The van der Waals surface area contributed by atoms with E-state index < -0.39 is 47.6 Å². The van der Waals surface area contributed by atoms with Gasteiger partial charge in [-0.05, 0) is 63.1 Å². The molecule has 0 aliphatic carbocycles. The van der Waals surface area contributed by atoms with Crippen LogP contribution in [-0.4, -0.2) is 57.1 Å². The summed E-state index contributed by atoms with van der Waals surface area (Å²) in [5, 5.41) is 9.70. The molecule has 2 aromatic rings. The number of likely N-dealkylation sites (tertiary alicyclic amines) is 1. The van der Waals surface area contributed by atoms with E-state index in [0.717, 1.165) is 14.6 Å². The van der Waals surface area contributed by atoms with E-state index in [1.807, 2.05) is 24.3 Å². The van der Waals surface area contributed by atoms with E-state index in [1.54, 1.807) is 34.6 Å². The fourth-order valence-electron chi connectivity index (χ4n) is 3.30. The molecule has 0 saturated carbocycles. The Bertz CT molecular complexity index is 1060. The van der Waals surface area contributed by atoms with Crippen LogP contribution < -0.4 is 0 Å². The summed E-state index contributed by atoms with van der Waals surface area (Å²) in [6, 6.07) is 6.71. The minimum Gasteiger partial charge on any atom is -0.427 e. The van der Waals surface area contributed by atoms with Crippen molar-refractivity contribution in [1.29, 1.82) is 0 Å². The highest BCUT2D eigenvalue weighted by molar-refractivity contribution is 8.77. The molecule has 1 aromatic carbocycles. The topological polar surface area (TPSA) is 106 Å². The number of fused-ring (bicyclic) bond motifs is 1. The summed E-state index contributed by atoms with van der Waals surface area (Å²) < 4.78 is 12.0. The maximum absolute atomic E-state index is 12.9. The van der Waals surface area contributed by atoms with E-state index in [1.165, 1.54) is 37.8 Å². The van der Waals surface area contributed by atoms with E-state index in [-0.39, 0.29) is 5.91 Å². The van der Waals surface area contributed by atoms with Gasteiger partial charge in [0.2, 0.25) is 12.7 Å². The van der Waals surface area contributed by atoms with Crippen molar-refractivity contribution in [1.82, 2.24) is 9.88 Å². The van der Waals surface area contributed by atoms with Crippen LogP contribution in [0.4, 0.5) is 0 Å². The van der Waals surface area contributed by atoms with Crippen LogP contribution in [0.25, 0.3) is 10.2 Å². The second-order valence-electron chi connectivity index (χ2n) is 9.04. The molecule has 0 bridgehead atoms. The van der Waals surface area contributed by atoms with Crippen LogP contribution in [0.15, 0.2) is 40.8 Å². The molecule has 0 spiro atoms. The van der Waals surface area contributed by atoms with Crippen LogP contribution in [-0.2, 0) is 23.9 Å². The highest BCUT2D eigenvalue weighted by Gasteiger charge is 2.55. The molecule has 11 heteroatoms. The van der Waals surface area contributed by atoms with Gasteiger partial charge in [-0.2, -0.15) is 0 Å². The number of esters is 2. The van der Waals surface area contributed by atoms with Crippen molar-refractivity contribution >= 4 is 61.0 Å². The molecule has 34 heavy (non-hydrogen) atoms. The average Bonchev–Trinajstić information content (AvgIpc) is 3.15. The number of aromatic nitrogens is 1. The van der Waals surface area contributed by atoms with E-state index >= 15 is 0 Å². The molecule has 8 nitrogen and oxygen atoms in total. The van der Waals surface area contributed by atoms with Gasteiger partial charge in [0.1, 0.15) is 5.37 Å². The van der Waals surface area contributed by atoms with Gasteiger partial charge in [-0.3, -0.25) is 9.59 Å². The number of benzene rings is 1. The Hall–Kier alpha value is -2.08. The Morgan fingerprint density at radius 3 is 2.56 bits per heavy atom. The number of rotatable bonds is 9. The minimum atomic E-state index is -1.07. The normalized spacial score (nSPS) is 19.9. The fourth-order valence-corrected chi connectivity index (χ4v) is 7.45. The molecule has 2 heterocycles. The number of aliphatic hydroxyl groups is 1. The Labute approximate surface area is 210 Å². The van der Waals surface area contributed by atoms with E-state index in [9.17, 15) is 19.5 Å². The molecule has 1 aromatic heterocycles. The van der Waals surface area contributed by atoms with Gasteiger partial charge >= 0.3 is 11.9 Å². The Morgan fingerprint density at radius 2 is 1.97 bits per heavy atom. The first-order valence-electron chi connectivity index (χ1n) is 10.6. The molecule has 2 unspecified atom stereocenters. The smallest absolute Gasteiger partial charge is 0.336 e. The number of hydrogen-bond acceptors (Lipinski definition) is 10. The van der Waals surface area contributed by atoms with Crippen LogP contribution in [0.1, 0.15) is 34.6 Å². The lowest BCUT2D eigenvalue weighted by molar-refractivity contribution is -0.181. The van der Waals surface area contributed by atoms with Crippen LogP contribution in [0.3, 0.4) is 0 Å². The largest absolute Gasteiger partial charge is 0.427 e. The molecule has 1 saturated heterocycles. The first-order valence-corrected chi connectivity index (χ1v) is 13.6. The molecule has 4 atom stereocenters. The SMILES string of the molecule is C=C(C)C(C(=O)OCOC(=O)C(C)(C)C)N1C(=O)[C@H](C(C)O)[C@H]1SSc1nc2ccccc2s1. The maximum Gasteiger partial charge on any atom is 0.336 e. The number of thiazole rings is 1. The first kappa shape index (κ1) is 26.5. The van der Waals surface area contributed by atoms with Crippen molar-refractivity contribution < 1.29 is 29.0 Å². The van der Waals surface area contributed by atoms with Gasteiger partial charge in [0, 0.05) is 0 Å². The van der Waals surface area contributed by atoms with Crippen LogP contribution >= 0.6 is 32.9 Å². The Kier molecular flexibility index (Phi) is 8.33. The quantitative estimate of drug-likeness (QED) is 0.169. The van der Waals surface area contributed by atoms with Gasteiger partial charge in [-0.1, -0.05) is 29.5 Å². The number of β-lactam (4-membered cyclic amide) rings is 1. The third-order valence-corrected chi connectivity index (χ3v) is 9.15. The van der Waals surface area contributed by atoms with Crippen LogP contribution in [0, 0.1) is 11.3 Å². The second-order valence-corrected chi connectivity index (χ2v) is 12.6. The number of para-hydroxylation sites is 1. The summed E-state index contributed by atoms with van der Waals surface area (Å²) in [6.45, 7) is 11.5. The second kappa shape index (κ2) is 10.7. The van der Waals surface area contributed by atoms with Gasteiger partial charge in [0.15, 0.2) is 10.4 Å². The van der Waals surface area contributed by atoms with E-state index in [0.29, 0.717) is 5.57 Å². The summed E-state index contributed by atoms with van der Waals surface area (Å²) in [7, 11) is 2.74. The number of carbonyl (C=O) groups excluding carboxylic acids is 3. The summed E-state index contributed by atoms with van der Waals surface area (Å²) in [5.41, 5.74) is 0.551. The lowest BCUT2D eigenvalue weighted by Gasteiger charge is -2.50. The number of amides is 1. The highest BCUT2D eigenvalue weighted by Crippen LogP contribution is 2.48. The third kappa shape index (κ3) is 5.76. The van der Waals surface area contributed by atoms with Gasteiger partial charge in [-0.25, -0.2) is 9.78 Å². The number of carbonyl (C=O) groups is 3. The van der Waals surface area contributed by atoms with Crippen molar-refractivity contribution in [2.45, 2.75) is 56.5 Å². The highest BCUT2D eigenvalue weighted by atomic mass is 33.1. The summed E-state index contributed by atoms with van der Waals surface area (Å²) in [6.07, 6.45) is -0.897. The molecular weight excluding hydrogens is 496 g/mol. The standard InChI is InChI=1S/C23H28N2O6S3/c1-12(2)17(20(28)30-11-31-21(29)23(4,5)6)25-18(27)16(13(3)26)19(25)33-34-22-24-14-9-7-8-10-15(14)32-22/h7-10,13,16-17,19,26H,1,11H2,2-6H3/t13?,16-,17?,19+/m0/s1. The zero-order valence-electron chi connectivity index (χ0n) is 19.6. The van der Waals surface area contributed by atoms with Crippen molar-refractivity contribution in [3.8, 4) is 0 Å². The van der Waals surface area contributed by atoms with E-state index in [2.05, 4.69) is 11.6 Å². The van der Waals surface area contributed by atoms with E-state index in [4.69, 9.17) is 9.47 Å². The summed E-state index contributed by atoms with van der Waals surface area (Å²) >= 11 is 1.53. The maximum atomic E-state index is 12.9. The molecular formula is C23H28N2O6S3. The lowest BCUT2D eigenvalue weighted by Crippen LogP contribution is -2.67.